The zero-order valence-electron chi connectivity index (χ0n) is 13.1. The van der Waals surface area contributed by atoms with Gasteiger partial charge in [0, 0.05) is 5.39 Å². The van der Waals surface area contributed by atoms with E-state index in [1.807, 2.05) is 59.3 Å². The van der Waals surface area contributed by atoms with E-state index < -0.39 is 0 Å². The fourth-order valence-corrected chi connectivity index (χ4v) is 2.91. The lowest BCUT2D eigenvalue weighted by molar-refractivity contribution is 0.681. The van der Waals surface area contributed by atoms with Crippen LogP contribution in [-0.2, 0) is 13.1 Å². The summed E-state index contributed by atoms with van der Waals surface area (Å²) in [6.45, 7) is 4.66. The van der Waals surface area contributed by atoms with E-state index in [1.54, 1.807) is 6.08 Å². The zero-order chi connectivity index (χ0) is 16.5. The lowest BCUT2D eigenvalue weighted by Crippen LogP contribution is -2.18. The van der Waals surface area contributed by atoms with Gasteiger partial charge in [0.15, 0.2) is 5.69 Å². The highest BCUT2D eigenvalue weighted by molar-refractivity contribution is 5.91. The van der Waals surface area contributed by atoms with Crippen LogP contribution in [0.4, 0.5) is 0 Å². The molecule has 5 heteroatoms. The summed E-state index contributed by atoms with van der Waals surface area (Å²) in [7, 11) is 0. The number of aromatic nitrogens is 4. The maximum Gasteiger partial charge on any atom is 0.297 e. The third kappa shape index (κ3) is 2.31. The van der Waals surface area contributed by atoms with Crippen molar-refractivity contribution in [2.75, 3.05) is 0 Å². The predicted octanol–water partition coefficient (Wildman–Crippen LogP) is 2.93. The van der Waals surface area contributed by atoms with Gasteiger partial charge >= 0.3 is 0 Å². The molecule has 0 aliphatic carbocycles. The number of fused-ring (bicyclic) bond motifs is 3. The number of benzene rings is 2. The average Bonchev–Trinajstić information content (AvgIpc) is 2.93. The van der Waals surface area contributed by atoms with E-state index in [1.165, 1.54) is 4.68 Å². The van der Waals surface area contributed by atoms with Gasteiger partial charge in [0.25, 0.3) is 5.56 Å². The Morgan fingerprint density at radius 2 is 1.62 bits per heavy atom. The van der Waals surface area contributed by atoms with Gasteiger partial charge in [0.05, 0.1) is 18.6 Å². The molecule has 0 aromatic heterocycles. The van der Waals surface area contributed by atoms with E-state index >= 15 is 0 Å². The topological polar surface area (TPSA) is 52.7 Å². The summed E-state index contributed by atoms with van der Waals surface area (Å²) in [5.74, 6) is 0. The van der Waals surface area contributed by atoms with Gasteiger partial charge in [-0.2, -0.15) is 10.2 Å². The highest BCUT2D eigenvalue weighted by atomic mass is 16.1. The normalized spacial score (nSPS) is 11.2. The molecule has 118 valence electrons. The molecule has 0 N–H and O–H groups in total. The minimum absolute atomic E-state index is 0.183. The molecular weight excluding hydrogens is 300 g/mol. The molecule has 0 atom stereocenters. The highest BCUT2D eigenvalue weighted by Gasteiger charge is 2.21. The number of hydrogen-bond acceptors (Lipinski definition) is 3. The van der Waals surface area contributed by atoms with Gasteiger partial charge in [0.1, 0.15) is 5.69 Å². The van der Waals surface area contributed by atoms with Crippen molar-refractivity contribution in [1.29, 1.82) is 0 Å². The molecule has 2 aliphatic rings. The number of allylic oxidation sites excluding steroid dienone is 1. The molecule has 0 spiro atoms. The van der Waals surface area contributed by atoms with E-state index in [2.05, 4.69) is 16.8 Å². The largest absolute Gasteiger partial charge is 0.297 e. The van der Waals surface area contributed by atoms with Crippen LogP contribution >= 0.6 is 0 Å². The van der Waals surface area contributed by atoms with E-state index in [0.29, 0.717) is 24.5 Å². The third-order valence-electron chi connectivity index (χ3n) is 4.02. The van der Waals surface area contributed by atoms with E-state index in [9.17, 15) is 4.79 Å². The first-order valence-electron chi connectivity index (χ1n) is 7.79. The van der Waals surface area contributed by atoms with Crippen molar-refractivity contribution >= 4 is 10.9 Å². The Morgan fingerprint density at radius 1 is 0.917 bits per heavy atom. The monoisotopic (exact) mass is 316 g/mol. The van der Waals surface area contributed by atoms with Crippen molar-refractivity contribution in [2.45, 2.75) is 13.1 Å². The average molecular weight is 316 g/mol. The molecule has 4 rings (SSSR count). The van der Waals surface area contributed by atoms with E-state index in [0.717, 1.165) is 16.5 Å². The summed E-state index contributed by atoms with van der Waals surface area (Å²) in [6, 6.07) is 18.0. The van der Waals surface area contributed by atoms with Crippen molar-refractivity contribution < 1.29 is 0 Å². The molecule has 0 saturated carbocycles. The van der Waals surface area contributed by atoms with Crippen LogP contribution in [0.1, 0.15) is 5.56 Å². The molecular formula is C19H16N4O. The van der Waals surface area contributed by atoms with Crippen LogP contribution in [0.15, 0.2) is 72.0 Å². The molecule has 2 aromatic rings. The first-order valence-corrected chi connectivity index (χ1v) is 7.79. The molecule has 0 radical (unpaired) electrons. The minimum Gasteiger partial charge on any atom is -0.265 e. The molecule has 0 amide bonds. The highest BCUT2D eigenvalue weighted by Crippen LogP contribution is 2.25. The SMILES string of the molecule is C=CCn1nc2c3ccccc3n(Cc3ccccc3)nc-2c1=O. The summed E-state index contributed by atoms with van der Waals surface area (Å²) < 4.78 is 3.28. The van der Waals surface area contributed by atoms with E-state index in [-0.39, 0.29) is 5.56 Å². The number of para-hydroxylation sites is 1. The maximum absolute atomic E-state index is 12.5. The van der Waals surface area contributed by atoms with Crippen LogP contribution < -0.4 is 5.56 Å². The van der Waals surface area contributed by atoms with Crippen LogP contribution in [0.25, 0.3) is 22.3 Å². The van der Waals surface area contributed by atoms with E-state index in [4.69, 9.17) is 0 Å². The Morgan fingerprint density at radius 3 is 2.42 bits per heavy atom. The molecule has 0 fully saturated rings. The minimum atomic E-state index is -0.183. The first kappa shape index (κ1) is 14.4. The molecule has 2 aliphatic heterocycles. The standard InChI is InChI=1S/C19H16N4O/c1-2-12-22-19(24)18-17(20-22)15-10-6-7-11-16(15)23(21-18)13-14-8-4-3-5-9-14/h2-11H,1,12-13H2. The first-order chi connectivity index (χ1) is 11.8. The van der Waals surface area contributed by atoms with Gasteiger partial charge in [-0.25, -0.2) is 4.68 Å². The number of rotatable bonds is 4. The molecule has 0 saturated heterocycles. The van der Waals surface area contributed by atoms with Crippen molar-refractivity contribution in [3.8, 4) is 11.4 Å². The fourth-order valence-electron chi connectivity index (χ4n) is 2.91. The van der Waals surface area contributed by atoms with Crippen molar-refractivity contribution in [3.63, 3.8) is 0 Å². The van der Waals surface area contributed by atoms with Crippen LogP contribution in [-0.4, -0.2) is 19.6 Å². The maximum atomic E-state index is 12.5. The number of hydrogen-bond donors (Lipinski definition) is 0. The summed E-state index contributed by atoms with van der Waals surface area (Å²) in [4.78, 5) is 12.5. The summed E-state index contributed by atoms with van der Waals surface area (Å²) >= 11 is 0. The summed E-state index contributed by atoms with van der Waals surface area (Å²) in [6.07, 6.45) is 1.66. The molecule has 0 bridgehead atoms. The Balaban J connectivity index is 1.98. The molecule has 5 nitrogen and oxygen atoms in total. The number of nitrogens with zero attached hydrogens (tertiary/aromatic N) is 4. The molecule has 24 heavy (non-hydrogen) atoms. The van der Waals surface area contributed by atoms with Crippen molar-refractivity contribution in [2.24, 2.45) is 0 Å². The van der Waals surface area contributed by atoms with Crippen LogP contribution in [0.5, 0.6) is 0 Å². The van der Waals surface area contributed by atoms with Gasteiger partial charge < -0.3 is 0 Å². The van der Waals surface area contributed by atoms with Gasteiger partial charge in [-0.3, -0.25) is 9.48 Å². The van der Waals surface area contributed by atoms with Gasteiger partial charge in [-0.05, 0) is 11.6 Å². The summed E-state index contributed by atoms with van der Waals surface area (Å²) in [5, 5.41) is 9.95. The van der Waals surface area contributed by atoms with Crippen molar-refractivity contribution in [3.05, 3.63) is 83.2 Å². The second kappa shape index (κ2) is 5.77. The predicted molar refractivity (Wildman–Crippen MR) is 94.2 cm³/mol. The molecule has 2 heterocycles. The Bertz CT molecular complexity index is 1050. The molecule has 2 aromatic carbocycles. The van der Waals surface area contributed by atoms with Gasteiger partial charge in [-0.15, -0.1) is 6.58 Å². The Labute approximate surface area is 138 Å². The van der Waals surface area contributed by atoms with Gasteiger partial charge in [-0.1, -0.05) is 54.6 Å². The lowest BCUT2D eigenvalue weighted by atomic mass is 10.1. The second-order valence-electron chi connectivity index (χ2n) is 5.63. The quantitative estimate of drug-likeness (QED) is 0.544. The third-order valence-corrected chi connectivity index (χ3v) is 4.02. The van der Waals surface area contributed by atoms with Crippen LogP contribution in [0.2, 0.25) is 0 Å². The van der Waals surface area contributed by atoms with Crippen LogP contribution in [0, 0.1) is 0 Å². The fraction of sp³-hybridized carbons (Fsp3) is 0.105. The Hall–Kier alpha value is -3.21. The second-order valence-corrected chi connectivity index (χ2v) is 5.63. The Kier molecular flexibility index (Phi) is 3.46. The van der Waals surface area contributed by atoms with Gasteiger partial charge in [0.2, 0.25) is 0 Å². The molecule has 0 unspecified atom stereocenters. The zero-order valence-corrected chi connectivity index (χ0v) is 13.1. The van der Waals surface area contributed by atoms with Crippen LogP contribution in [0.3, 0.4) is 0 Å². The van der Waals surface area contributed by atoms with Crippen molar-refractivity contribution in [1.82, 2.24) is 19.6 Å². The summed E-state index contributed by atoms with van der Waals surface area (Å²) in [5.41, 5.74) is 2.94. The smallest absolute Gasteiger partial charge is 0.265 e. The lowest BCUT2D eigenvalue weighted by Gasteiger charge is -2.12.